The van der Waals surface area contributed by atoms with E-state index in [0.29, 0.717) is 11.8 Å². The maximum absolute atomic E-state index is 12.0. The summed E-state index contributed by atoms with van der Waals surface area (Å²) in [6.45, 7) is 4.66. The molecule has 15 heavy (non-hydrogen) atoms. The Morgan fingerprint density at radius 1 is 1.33 bits per heavy atom. The summed E-state index contributed by atoms with van der Waals surface area (Å²) in [5, 5.41) is 0. The standard InChI is InChI=1S/C12H21NO2/c1-10-9-15-8-7-13(10)11-5-3-2-4-6-12(11)14/h10-11H,2-9H2,1H3. The van der Waals surface area contributed by atoms with Crippen LogP contribution in [-0.2, 0) is 9.53 Å². The average molecular weight is 211 g/mol. The van der Waals surface area contributed by atoms with E-state index in [1.807, 2.05) is 0 Å². The minimum atomic E-state index is 0.186. The summed E-state index contributed by atoms with van der Waals surface area (Å²) in [6.07, 6.45) is 5.37. The molecule has 0 aromatic carbocycles. The lowest BCUT2D eigenvalue weighted by atomic mass is 10.0. The SMILES string of the molecule is CC1COCCN1C1CCCCCC1=O. The Bertz CT molecular complexity index is 230. The van der Waals surface area contributed by atoms with E-state index in [1.54, 1.807) is 0 Å². The van der Waals surface area contributed by atoms with Gasteiger partial charge in [0.25, 0.3) is 0 Å². The molecule has 0 spiro atoms. The molecule has 2 fully saturated rings. The number of rotatable bonds is 1. The van der Waals surface area contributed by atoms with Crippen molar-refractivity contribution < 1.29 is 9.53 Å². The normalized spacial score (nSPS) is 35.1. The minimum absolute atomic E-state index is 0.186. The van der Waals surface area contributed by atoms with E-state index in [2.05, 4.69) is 11.8 Å². The van der Waals surface area contributed by atoms with Gasteiger partial charge in [-0.15, -0.1) is 0 Å². The van der Waals surface area contributed by atoms with E-state index < -0.39 is 0 Å². The number of carbonyl (C=O) groups is 1. The van der Waals surface area contributed by atoms with Gasteiger partial charge in [-0.1, -0.05) is 12.8 Å². The van der Waals surface area contributed by atoms with Gasteiger partial charge in [0.05, 0.1) is 19.3 Å². The van der Waals surface area contributed by atoms with Gasteiger partial charge in [-0.3, -0.25) is 9.69 Å². The third kappa shape index (κ3) is 2.58. The lowest BCUT2D eigenvalue weighted by Crippen LogP contribution is -2.52. The van der Waals surface area contributed by atoms with E-state index in [9.17, 15) is 4.79 Å². The van der Waals surface area contributed by atoms with Crippen LogP contribution in [0.15, 0.2) is 0 Å². The summed E-state index contributed by atoms with van der Waals surface area (Å²) >= 11 is 0. The molecule has 0 N–H and O–H groups in total. The van der Waals surface area contributed by atoms with E-state index in [1.165, 1.54) is 12.8 Å². The first kappa shape index (κ1) is 11.1. The van der Waals surface area contributed by atoms with Crippen LogP contribution in [-0.4, -0.2) is 42.5 Å². The lowest BCUT2D eigenvalue weighted by molar-refractivity contribution is -0.127. The van der Waals surface area contributed by atoms with Crippen LogP contribution in [0.2, 0.25) is 0 Å². The van der Waals surface area contributed by atoms with Crippen molar-refractivity contribution in [1.82, 2.24) is 4.90 Å². The van der Waals surface area contributed by atoms with Crippen LogP contribution in [0.5, 0.6) is 0 Å². The predicted octanol–water partition coefficient (Wildman–Crippen LogP) is 1.61. The molecule has 1 heterocycles. The molecule has 1 aliphatic heterocycles. The van der Waals surface area contributed by atoms with Crippen molar-refractivity contribution in [3.05, 3.63) is 0 Å². The summed E-state index contributed by atoms with van der Waals surface area (Å²) in [6, 6.07) is 0.595. The maximum atomic E-state index is 12.0. The highest BCUT2D eigenvalue weighted by atomic mass is 16.5. The van der Waals surface area contributed by atoms with Gasteiger partial charge < -0.3 is 4.74 Å². The van der Waals surface area contributed by atoms with Gasteiger partial charge in [-0.25, -0.2) is 0 Å². The largest absolute Gasteiger partial charge is 0.379 e. The molecule has 0 amide bonds. The average Bonchev–Trinajstić information content (AvgIpc) is 2.44. The van der Waals surface area contributed by atoms with Gasteiger partial charge in [-0.2, -0.15) is 0 Å². The molecule has 2 aliphatic rings. The Kier molecular flexibility index (Phi) is 3.76. The summed E-state index contributed by atoms with van der Waals surface area (Å²) in [5.41, 5.74) is 0. The van der Waals surface area contributed by atoms with E-state index in [-0.39, 0.29) is 6.04 Å². The first-order chi connectivity index (χ1) is 7.29. The van der Waals surface area contributed by atoms with Crippen molar-refractivity contribution >= 4 is 5.78 Å². The second-order valence-electron chi connectivity index (χ2n) is 4.74. The Hall–Kier alpha value is -0.410. The molecule has 0 bridgehead atoms. The van der Waals surface area contributed by atoms with Crippen LogP contribution in [0.3, 0.4) is 0 Å². The molecule has 2 rings (SSSR count). The zero-order valence-electron chi connectivity index (χ0n) is 9.58. The molecule has 1 aliphatic carbocycles. The summed E-state index contributed by atoms with van der Waals surface area (Å²) in [4.78, 5) is 14.3. The Balaban J connectivity index is 2.02. The molecule has 1 saturated heterocycles. The van der Waals surface area contributed by atoms with Crippen molar-refractivity contribution in [3.8, 4) is 0 Å². The molecular formula is C12H21NO2. The van der Waals surface area contributed by atoms with Gasteiger partial charge in [0.2, 0.25) is 0 Å². The van der Waals surface area contributed by atoms with Crippen LogP contribution < -0.4 is 0 Å². The third-order valence-corrected chi connectivity index (χ3v) is 3.59. The van der Waals surface area contributed by atoms with Crippen LogP contribution in [0, 0.1) is 0 Å². The van der Waals surface area contributed by atoms with Crippen molar-refractivity contribution in [2.75, 3.05) is 19.8 Å². The fraction of sp³-hybridized carbons (Fsp3) is 0.917. The fourth-order valence-electron chi connectivity index (χ4n) is 2.70. The first-order valence-electron chi connectivity index (χ1n) is 6.15. The quantitative estimate of drug-likeness (QED) is 0.617. The van der Waals surface area contributed by atoms with Crippen molar-refractivity contribution in [2.24, 2.45) is 0 Å². The highest BCUT2D eigenvalue weighted by Gasteiger charge is 2.31. The van der Waals surface area contributed by atoms with E-state index in [0.717, 1.165) is 39.0 Å². The monoisotopic (exact) mass is 211 g/mol. The Morgan fingerprint density at radius 3 is 3.00 bits per heavy atom. The van der Waals surface area contributed by atoms with E-state index in [4.69, 9.17) is 4.74 Å². The molecule has 0 aromatic rings. The molecule has 0 aromatic heterocycles. The van der Waals surface area contributed by atoms with Crippen LogP contribution in [0.1, 0.15) is 39.0 Å². The first-order valence-corrected chi connectivity index (χ1v) is 6.15. The highest BCUT2D eigenvalue weighted by Crippen LogP contribution is 2.22. The van der Waals surface area contributed by atoms with Crippen LogP contribution in [0.25, 0.3) is 0 Å². The van der Waals surface area contributed by atoms with Crippen LogP contribution >= 0.6 is 0 Å². The predicted molar refractivity (Wildman–Crippen MR) is 58.9 cm³/mol. The zero-order valence-corrected chi connectivity index (χ0v) is 9.58. The number of nitrogens with zero attached hydrogens (tertiary/aromatic N) is 1. The van der Waals surface area contributed by atoms with Gasteiger partial charge in [0, 0.05) is 19.0 Å². The minimum Gasteiger partial charge on any atom is -0.379 e. The van der Waals surface area contributed by atoms with Gasteiger partial charge in [0.1, 0.15) is 5.78 Å². The van der Waals surface area contributed by atoms with Crippen molar-refractivity contribution in [2.45, 2.75) is 51.1 Å². The zero-order chi connectivity index (χ0) is 10.7. The third-order valence-electron chi connectivity index (χ3n) is 3.59. The molecule has 86 valence electrons. The fourth-order valence-corrected chi connectivity index (χ4v) is 2.70. The number of ether oxygens (including phenoxy) is 1. The maximum Gasteiger partial charge on any atom is 0.149 e. The Labute approximate surface area is 91.8 Å². The molecule has 3 nitrogen and oxygen atoms in total. The lowest BCUT2D eigenvalue weighted by Gasteiger charge is -2.38. The Morgan fingerprint density at radius 2 is 2.20 bits per heavy atom. The second kappa shape index (κ2) is 5.08. The number of hydrogen-bond donors (Lipinski definition) is 0. The number of ketones is 1. The molecule has 1 saturated carbocycles. The number of morpholine rings is 1. The van der Waals surface area contributed by atoms with Gasteiger partial charge in [-0.05, 0) is 19.8 Å². The molecule has 3 heteroatoms. The van der Waals surface area contributed by atoms with Gasteiger partial charge in [0.15, 0.2) is 0 Å². The molecule has 2 atom stereocenters. The summed E-state index contributed by atoms with van der Waals surface area (Å²) in [7, 11) is 0. The highest BCUT2D eigenvalue weighted by molar-refractivity contribution is 5.84. The summed E-state index contributed by atoms with van der Waals surface area (Å²) < 4.78 is 5.42. The van der Waals surface area contributed by atoms with Crippen molar-refractivity contribution in [1.29, 1.82) is 0 Å². The van der Waals surface area contributed by atoms with Crippen molar-refractivity contribution in [3.63, 3.8) is 0 Å². The molecule has 0 radical (unpaired) electrons. The van der Waals surface area contributed by atoms with E-state index >= 15 is 0 Å². The summed E-state index contributed by atoms with van der Waals surface area (Å²) in [5.74, 6) is 0.459. The number of Topliss-reactive ketones (excluding diaryl/α,β-unsaturated/α-hetero) is 1. The van der Waals surface area contributed by atoms with Crippen LogP contribution in [0.4, 0.5) is 0 Å². The second-order valence-corrected chi connectivity index (χ2v) is 4.74. The topological polar surface area (TPSA) is 29.5 Å². The number of carbonyl (C=O) groups excluding carboxylic acids is 1. The molecular weight excluding hydrogens is 190 g/mol. The molecule has 2 unspecified atom stereocenters. The van der Waals surface area contributed by atoms with Gasteiger partial charge >= 0.3 is 0 Å². The number of hydrogen-bond acceptors (Lipinski definition) is 3. The smallest absolute Gasteiger partial charge is 0.149 e.